The molecule has 1 aromatic heterocycles. The minimum absolute atomic E-state index is 0.00272. The summed E-state index contributed by atoms with van der Waals surface area (Å²) in [7, 11) is 0. The number of aromatic nitrogens is 1. The molecular weight excluding hydrogens is 350 g/mol. The first-order chi connectivity index (χ1) is 13.0. The lowest BCUT2D eigenvalue weighted by Crippen LogP contribution is -2.45. The van der Waals surface area contributed by atoms with Crippen LogP contribution in [0.25, 0.3) is 11.5 Å². The third-order valence-corrected chi connectivity index (χ3v) is 4.29. The molecule has 0 saturated heterocycles. The molecule has 0 aliphatic heterocycles. The monoisotopic (exact) mass is 371 g/mol. The van der Waals surface area contributed by atoms with Crippen LogP contribution < -0.4 is 10.6 Å². The average Bonchev–Trinajstić information content (AvgIpc) is 3.30. The van der Waals surface area contributed by atoms with Gasteiger partial charge in [-0.3, -0.25) is 10.1 Å². The molecule has 142 valence electrons. The molecule has 0 unspecified atom stereocenters. The first-order valence-corrected chi connectivity index (χ1v) is 8.83. The van der Waals surface area contributed by atoms with E-state index >= 15 is 0 Å². The zero-order valence-corrected chi connectivity index (χ0v) is 15.0. The minimum atomic E-state index is -0.787. The van der Waals surface area contributed by atoms with Crippen LogP contribution in [0.15, 0.2) is 34.7 Å². The van der Waals surface area contributed by atoms with Crippen LogP contribution in [0.4, 0.5) is 4.79 Å². The second-order valence-electron chi connectivity index (χ2n) is 6.37. The van der Waals surface area contributed by atoms with Crippen molar-refractivity contribution in [2.75, 3.05) is 6.61 Å². The molecule has 8 nitrogen and oxygen atoms in total. The molecule has 1 fully saturated rings. The molecule has 0 spiro atoms. The van der Waals surface area contributed by atoms with Crippen LogP contribution in [0.1, 0.15) is 41.9 Å². The number of aryl methyl sites for hydroxylation is 1. The van der Waals surface area contributed by atoms with Crippen molar-refractivity contribution in [1.29, 1.82) is 0 Å². The quantitative estimate of drug-likeness (QED) is 0.782. The van der Waals surface area contributed by atoms with Gasteiger partial charge < -0.3 is 14.5 Å². The number of imide groups is 1. The van der Waals surface area contributed by atoms with Crippen molar-refractivity contribution in [3.63, 3.8) is 0 Å². The van der Waals surface area contributed by atoms with Gasteiger partial charge in [0.15, 0.2) is 12.3 Å². The highest BCUT2D eigenvalue weighted by atomic mass is 16.5. The maximum Gasteiger partial charge on any atom is 0.361 e. The Labute approximate surface area is 156 Å². The molecule has 1 aliphatic rings. The molecular formula is C19H21N3O5. The summed E-state index contributed by atoms with van der Waals surface area (Å²) in [4.78, 5) is 39.8. The number of ether oxygens (including phenoxy) is 1. The van der Waals surface area contributed by atoms with Gasteiger partial charge in [-0.25, -0.2) is 14.6 Å². The molecule has 1 saturated carbocycles. The van der Waals surface area contributed by atoms with Gasteiger partial charge in [-0.05, 0) is 31.9 Å². The number of carbonyl (C=O) groups excluding carboxylic acids is 3. The molecule has 3 rings (SSSR count). The third kappa shape index (κ3) is 4.93. The SMILES string of the molecule is Cc1oc(-c2ccccc2)nc1C(=O)OCC(=O)NC(=O)NC1CCCC1. The lowest BCUT2D eigenvalue weighted by Gasteiger charge is -2.12. The van der Waals surface area contributed by atoms with Gasteiger partial charge in [-0.15, -0.1) is 0 Å². The van der Waals surface area contributed by atoms with E-state index in [9.17, 15) is 14.4 Å². The highest BCUT2D eigenvalue weighted by Gasteiger charge is 2.22. The number of nitrogens with one attached hydrogen (secondary N) is 2. The number of oxazole rings is 1. The minimum Gasteiger partial charge on any atom is -0.451 e. The average molecular weight is 371 g/mol. The second kappa shape index (κ2) is 8.48. The smallest absolute Gasteiger partial charge is 0.361 e. The van der Waals surface area contributed by atoms with Crippen molar-refractivity contribution in [1.82, 2.24) is 15.6 Å². The van der Waals surface area contributed by atoms with Crippen molar-refractivity contribution >= 4 is 17.9 Å². The number of benzene rings is 1. The molecule has 1 aliphatic carbocycles. The number of rotatable bonds is 5. The van der Waals surface area contributed by atoms with Crippen molar-refractivity contribution < 1.29 is 23.5 Å². The van der Waals surface area contributed by atoms with Crippen LogP contribution in [0.5, 0.6) is 0 Å². The maximum absolute atomic E-state index is 12.2. The molecule has 27 heavy (non-hydrogen) atoms. The van der Waals surface area contributed by atoms with Crippen molar-refractivity contribution in [3.05, 3.63) is 41.8 Å². The predicted octanol–water partition coefficient (Wildman–Crippen LogP) is 2.58. The van der Waals surface area contributed by atoms with Gasteiger partial charge in [-0.2, -0.15) is 0 Å². The van der Waals surface area contributed by atoms with E-state index < -0.39 is 24.5 Å². The topological polar surface area (TPSA) is 111 Å². The van der Waals surface area contributed by atoms with Gasteiger partial charge in [0.25, 0.3) is 5.91 Å². The fourth-order valence-corrected chi connectivity index (χ4v) is 2.94. The number of amides is 3. The molecule has 3 amide bonds. The highest BCUT2D eigenvalue weighted by molar-refractivity contribution is 5.97. The Hall–Kier alpha value is -3.16. The van der Waals surface area contributed by atoms with Crippen LogP contribution in [0.3, 0.4) is 0 Å². The van der Waals surface area contributed by atoms with Crippen LogP contribution in [-0.4, -0.2) is 35.5 Å². The van der Waals surface area contributed by atoms with Crippen LogP contribution in [0, 0.1) is 6.92 Å². The van der Waals surface area contributed by atoms with Crippen LogP contribution in [-0.2, 0) is 9.53 Å². The van der Waals surface area contributed by atoms with Gasteiger partial charge in [-0.1, -0.05) is 31.0 Å². The summed E-state index contributed by atoms with van der Waals surface area (Å²) in [6, 6.07) is 8.63. The largest absolute Gasteiger partial charge is 0.451 e. The third-order valence-electron chi connectivity index (χ3n) is 4.29. The van der Waals surface area contributed by atoms with E-state index in [0.29, 0.717) is 11.7 Å². The van der Waals surface area contributed by atoms with E-state index in [1.807, 2.05) is 18.2 Å². The summed E-state index contributed by atoms with van der Waals surface area (Å²) in [6.07, 6.45) is 3.95. The van der Waals surface area contributed by atoms with E-state index in [1.54, 1.807) is 19.1 Å². The Morgan fingerprint density at radius 2 is 1.89 bits per heavy atom. The molecule has 0 bridgehead atoms. The highest BCUT2D eigenvalue weighted by Crippen LogP contribution is 2.21. The summed E-state index contributed by atoms with van der Waals surface area (Å²) in [5, 5.41) is 4.87. The fourth-order valence-electron chi connectivity index (χ4n) is 2.94. The van der Waals surface area contributed by atoms with E-state index in [0.717, 1.165) is 31.2 Å². The van der Waals surface area contributed by atoms with Crippen molar-refractivity contribution in [3.8, 4) is 11.5 Å². The molecule has 8 heteroatoms. The number of carbonyl (C=O) groups is 3. The zero-order chi connectivity index (χ0) is 19.2. The van der Waals surface area contributed by atoms with Crippen molar-refractivity contribution in [2.24, 2.45) is 0 Å². The number of nitrogens with zero attached hydrogens (tertiary/aromatic N) is 1. The number of hydrogen-bond acceptors (Lipinski definition) is 6. The maximum atomic E-state index is 12.2. The summed E-state index contributed by atoms with van der Waals surface area (Å²) < 4.78 is 10.4. The molecule has 0 radical (unpaired) electrons. The summed E-state index contributed by atoms with van der Waals surface area (Å²) >= 11 is 0. The standard InChI is InChI=1S/C19H21N3O5/c1-12-16(22-17(27-12)13-7-3-2-4-8-13)18(24)26-11-15(23)21-19(25)20-14-9-5-6-10-14/h2-4,7-8,14H,5-6,9-11H2,1H3,(H2,20,21,23,25). The van der Waals surface area contributed by atoms with Gasteiger partial charge in [0.2, 0.25) is 5.89 Å². The van der Waals surface area contributed by atoms with Crippen LogP contribution in [0.2, 0.25) is 0 Å². The number of esters is 1. The fraction of sp³-hybridized carbons (Fsp3) is 0.368. The first kappa shape index (κ1) is 18.6. The Balaban J connectivity index is 1.51. The normalized spacial score (nSPS) is 14.0. The Kier molecular flexibility index (Phi) is 5.85. The molecule has 1 heterocycles. The molecule has 2 N–H and O–H groups in total. The Morgan fingerprint density at radius 3 is 2.59 bits per heavy atom. The van der Waals surface area contributed by atoms with E-state index in [-0.39, 0.29) is 11.7 Å². The summed E-state index contributed by atoms with van der Waals surface area (Å²) in [6.45, 7) is 1.01. The number of hydrogen-bond donors (Lipinski definition) is 2. The lowest BCUT2D eigenvalue weighted by atomic mass is 10.2. The van der Waals surface area contributed by atoms with E-state index in [2.05, 4.69) is 15.6 Å². The second-order valence-corrected chi connectivity index (χ2v) is 6.37. The summed E-state index contributed by atoms with van der Waals surface area (Å²) in [5.74, 6) is -0.910. The Morgan fingerprint density at radius 1 is 1.19 bits per heavy atom. The van der Waals surface area contributed by atoms with Gasteiger partial charge in [0.1, 0.15) is 5.76 Å². The molecule has 1 aromatic carbocycles. The number of urea groups is 1. The summed E-state index contributed by atoms with van der Waals surface area (Å²) in [5.41, 5.74) is 0.720. The van der Waals surface area contributed by atoms with E-state index in [1.165, 1.54) is 0 Å². The van der Waals surface area contributed by atoms with Gasteiger partial charge in [0, 0.05) is 11.6 Å². The van der Waals surface area contributed by atoms with Crippen molar-refractivity contribution in [2.45, 2.75) is 38.6 Å². The Bertz CT molecular complexity index is 825. The molecule has 0 atom stereocenters. The van der Waals surface area contributed by atoms with Crippen LogP contribution >= 0.6 is 0 Å². The predicted molar refractivity (Wildman–Crippen MR) is 95.9 cm³/mol. The first-order valence-electron chi connectivity index (χ1n) is 8.83. The lowest BCUT2D eigenvalue weighted by molar-refractivity contribution is -0.123. The molecule has 2 aromatic rings. The zero-order valence-electron chi connectivity index (χ0n) is 15.0. The van der Waals surface area contributed by atoms with Gasteiger partial charge in [0.05, 0.1) is 0 Å². The van der Waals surface area contributed by atoms with E-state index in [4.69, 9.17) is 9.15 Å². The van der Waals surface area contributed by atoms with Gasteiger partial charge >= 0.3 is 12.0 Å².